The van der Waals surface area contributed by atoms with Gasteiger partial charge in [0, 0.05) is 43.2 Å². The summed E-state index contributed by atoms with van der Waals surface area (Å²) in [6.07, 6.45) is 2.65. The number of benzene rings is 1. The van der Waals surface area contributed by atoms with Crippen LogP contribution in [0.15, 0.2) is 29.4 Å². The third-order valence-corrected chi connectivity index (χ3v) is 4.92. The Morgan fingerprint density at radius 2 is 1.96 bits per heavy atom. The first-order valence-electron chi connectivity index (χ1n) is 8.38. The van der Waals surface area contributed by atoms with Crippen molar-refractivity contribution in [3.63, 3.8) is 0 Å². The monoisotopic (exact) mass is 381 g/mol. The first kappa shape index (κ1) is 20.3. The number of aliphatic imine (C=N–C) groups is 1. The number of thiazole rings is 1. The lowest BCUT2D eigenvalue weighted by Crippen LogP contribution is -2.42. The zero-order chi connectivity index (χ0) is 19.1. The van der Waals surface area contributed by atoms with Crippen molar-refractivity contribution in [2.75, 3.05) is 34.2 Å². The van der Waals surface area contributed by atoms with Crippen molar-refractivity contribution < 1.29 is 8.78 Å². The SMILES string of the molecule is CN=C(NCCc1ncc(C)s1)NCC(c1c(F)cccc1F)N(C)C. The maximum absolute atomic E-state index is 14.1. The summed E-state index contributed by atoms with van der Waals surface area (Å²) >= 11 is 1.67. The molecule has 0 aliphatic rings. The predicted octanol–water partition coefficient (Wildman–Crippen LogP) is 2.74. The molecule has 1 atom stereocenters. The molecule has 2 aromatic rings. The van der Waals surface area contributed by atoms with Gasteiger partial charge in [-0.2, -0.15) is 0 Å². The number of aryl methyl sites for hydroxylation is 1. The normalized spacial score (nSPS) is 13.1. The molecule has 0 aliphatic carbocycles. The van der Waals surface area contributed by atoms with Gasteiger partial charge in [0.1, 0.15) is 11.6 Å². The van der Waals surface area contributed by atoms with Crippen LogP contribution in [0.25, 0.3) is 0 Å². The molecular formula is C18H25F2N5S. The van der Waals surface area contributed by atoms with E-state index in [0.29, 0.717) is 19.0 Å². The van der Waals surface area contributed by atoms with Crippen LogP contribution in [0.5, 0.6) is 0 Å². The third-order valence-electron chi connectivity index (χ3n) is 3.94. The summed E-state index contributed by atoms with van der Waals surface area (Å²) in [7, 11) is 5.25. The highest BCUT2D eigenvalue weighted by Gasteiger charge is 2.22. The Hall–Kier alpha value is -2.06. The van der Waals surface area contributed by atoms with Gasteiger partial charge in [-0.3, -0.25) is 4.99 Å². The third kappa shape index (κ3) is 5.47. The molecule has 2 N–H and O–H groups in total. The van der Waals surface area contributed by atoms with Crippen LogP contribution in [0.1, 0.15) is 21.5 Å². The number of likely N-dealkylation sites (N-methyl/N-ethyl adjacent to an activating group) is 1. The smallest absolute Gasteiger partial charge is 0.191 e. The van der Waals surface area contributed by atoms with Gasteiger partial charge in [-0.15, -0.1) is 11.3 Å². The Bertz CT molecular complexity index is 725. The molecular weight excluding hydrogens is 356 g/mol. The highest BCUT2D eigenvalue weighted by Crippen LogP contribution is 2.23. The molecule has 0 aliphatic heterocycles. The number of hydrogen-bond acceptors (Lipinski definition) is 4. The van der Waals surface area contributed by atoms with Crippen LogP contribution in [0, 0.1) is 18.6 Å². The van der Waals surface area contributed by atoms with E-state index in [1.807, 2.05) is 13.1 Å². The highest BCUT2D eigenvalue weighted by atomic mass is 32.1. The van der Waals surface area contributed by atoms with Crippen LogP contribution in [0.4, 0.5) is 8.78 Å². The number of rotatable bonds is 7. The summed E-state index contributed by atoms with van der Waals surface area (Å²) in [5, 5.41) is 7.40. The molecule has 1 unspecified atom stereocenters. The van der Waals surface area contributed by atoms with Crippen molar-refractivity contribution in [3.05, 3.63) is 51.5 Å². The van der Waals surface area contributed by atoms with Crippen molar-refractivity contribution >= 4 is 17.3 Å². The largest absolute Gasteiger partial charge is 0.356 e. The molecule has 1 heterocycles. The summed E-state index contributed by atoms with van der Waals surface area (Å²) in [4.78, 5) is 11.5. The Balaban J connectivity index is 1.94. The zero-order valence-corrected chi connectivity index (χ0v) is 16.3. The number of aromatic nitrogens is 1. The van der Waals surface area contributed by atoms with Crippen LogP contribution in [-0.4, -0.2) is 50.1 Å². The molecule has 1 aromatic carbocycles. The first-order chi connectivity index (χ1) is 12.4. The van der Waals surface area contributed by atoms with E-state index in [-0.39, 0.29) is 5.56 Å². The summed E-state index contributed by atoms with van der Waals surface area (Å²) in [6.45, 7) is 3.02. The van der Waals surface area contributed by atoms with Gasteiger partial charge in [-0.25, -0.2) is 13.8 Å². The summed E-state index contributed by atoms with van der Waals surface area (Å²) in [6, 6.07) is 3.46. The molecule has 2 rings (SSSR count). The fourth-order valence-corrected chi connectivity index (χ4v) is 3.38. The van der Waals surface area contributed by atoms with E-state index >= 15 is 0 Å². The fraction of sp³-hybridized carbons (Fsp3) is 0.444. The van der Waals surface area contributed by atoms with Crippen molar-refractivity contribution in [3.8, 4) is 0 Å². The van der Waals surface area contributed by atoms with E-state index in [2.05, 4.69) is 20.6 Å². The van der Waals surface area contributed by atoms with Gasteiger partial charge in [0.15, 0.2) is 5.96 Å². The average Bonchev–Trinajstić information content (AvgIpc) is 3.00. The van der Waals surface area contributed by atoms with Crippen molar-refractivity contribution in [1.82, 2.24) is 20.5 Å². The van der Waals surface area contributed by atoms with E-state index < -0.39 is 17.7 Å². The maximum Gasteiger partial charge on any atom is 0.191 e. The molecule has 0 amide bonds. The number of hydrogen-bond donors (Lipinski definition) is 2. The first-order valence-corrected chi connectivity index (χ1v) is 9.20. The Kier molecular flexibility index (Phi) is 7.47. The molecule has 0 bridgehead atoms. The molecule has 142 valence electrons. The van der Waals surface area contributed by atoms with Crippen molar-refractivity contribution in [1.29, 1.82) is 0 Å². The lowest BCUT2D eigenvalue weighted by atomic mass is 10.0. The molecule has 1 aromatic heterocycles. The van der Waals surface area contributed by atoms with E-state index in [9.17, 15) is 8.78 Å². The van der Waals surface area contributed by atoms with Crippen LogP contribution in [-0.2, 0) is 6.42 Å². The van der Waals surface area contributed by atoms with Crippen LogP contribution in [0.2, 0.25) is 0 Å². The van der Waals surface area contributed by atoms with E-state index in [4.69, 9.17) is 0 Å². The minimum Gasteiger partial charge on any atom is -0.356 e. The van der Waals surface area contributed by atoms with Gasteiger partial charge in [0.05, 0.1) is 11.0 Å². The molecule has 8 heteroatoms. The molecule has 26 heavy (non-hydrogen) atoms. The summed E-state index contributed by atoms with van der Waals surface area (Å²) in [5.41, 5.74) is 0.0544. The Labute approximate surface area is 157 Å². The van der Waals surface area contributed by atoms with E-state index in [1.54, 1.807) is 37.4 Å². The molecule has 0 fully saturated rings. The van der Waals surface area contributed by atoms with Gasteiger partial charge in [0.25, 0.3) is 0 Å². The minimum absolute atomic E-state index is 0.0544. The van der Waals surface area contributed by atoms with Gasteiger partial charge < -0.3 is 15.5 Å². The van der Waals surface area contributed by atoms with E-state index in [0.717, 1.165) is 11.4 Å². The standard InChI is InChI=1S/C18H25F2N5S/c1-12-10-23-16(26-12)8-9-22-18(21-2)24-11-15(25(3)4)17-13(19)6-5-7-14(17)20/h5-7,10,15H,8-9,11H2,1-4H3,(H2,21,22,24). The van der Waals surface area contributed by atoms with E-state index in [1.165, 1.54) is 23.1 Å². The molecule has 0 saturated heterocycles. The average molecular weight is 381 g/mol. The summed E-state index contributed by atoms with van der Waals surface area (Å²) < 4.78 is 28.2. The molecule has 0 radical (unpaired) electrons. The second-order valence-corrected chi connectivity index (χ2v) is 7.43. The minimum atomic E-state index is -0.549. The highest BCUT2D eigenvalue weighted by molar-refractivity contribution is 7.11. The van der Waals surface area contributed by atoms with Gasteiger partial charge in [0.2, 0.25) is 0 Å². The fourth-order valence-electron chi connectivity index (χ4n) is 2.59. The lowest BCUT2D eigenvalue weighted by Gasteiger charge is -2.26. The second-order valence-electron chi connectivity index (χ2n) is 6.11. The zero-order valence-electron chi connectivity index (χ0n) is 15.5. The topological polar surface area (TPSA) is 52.6 Å². The van der Waals surface area contributed by atoms with Crippen molar-refractivity contribution in [2.24, 2.45) is 4.99 Å². The van der Waals surface area contributed by atoms with Crippen LogP contribution >= 0.6 is 11.3 Å². The number of nitrogens with one attached hydrogen (secondary N) is 2. The second kappa shape index (κ2) is 9.59. The predicted molar refractivity (Wildman–Crippen MR) is 103 cm³/mol. The molecule has 0 saturated carbocycles. The lowest BCUT2D eigenvalue weighted by molar-refractivity contribution is 0.282. The van der Waals surface area contributed by atoms with Gasteiger partial charge in [-0.1, -0.05) is 6.07 Å². The van der Waals surface area contributed by atoms with Crippen molar-refractivity contribution in [2.45, 2.75) is 19.4 Å². The number of nitrogens with zero attached hydrogens (tertiary/aromatic N) is 3. The number of halogens is 2. The molecule has 0 spiro atoms. The maximum atomic E-state index is 14.1. The summed E-state index contributed by atoms with van der Waals surface area (Å²) in [5.74, 6) is -0.512. The number of guanidine groups is 1. The van der Waals surface area contributed by atoms with Crippen LogP contribution < -0.4 is 10.6 Å². The van der Waals surface area contributed by atoms with Gasteiger partial charge in [-0.05, 0) is 33.2 Å². The van der Waals surface area contributed by atoms with Crippen LogP contribution in [0.3, 0.4) is 0 Å². The van der Waals surface area contributed by atoms with Gasteiger partial charge >= 0.3 is 0 Å². The Morgan fingerprint density at radius 1 is 1.27 bits per heavy atom. The molecule has 5 nitrogen and oxygen atoms in total. The Morgan fingerprint density at radius 3 is 2.50 bits per heavy atom. The quantitative estimate of drug-likeness (QED) is 0.572.